The number of halogens is 1. The highest BCUT2D eigenvalue weighted by Crippen LogP contribution is 2.43. The molecule has 2 aromatic carbocycles. The van der Waals surface area contributed by atoms with Gasteiger partial charge in [0, 0.05) is 34.5 Å². The van der Waals surface area contributed by atoms with Crippen molar-refractivity contribution in [3.63, 3.8) is 0 Å². The van der Waals surface area contributed by atoms with Crippen LogP contribution in [0.1, 0.15) is 9.67 Å². The molecule has 4 N–H and O–H groups in total. The van der Waals surface area contributed by atoms with Crippen LogP contribution >= 0.6 is 49.9 Å². The van der Waals surface area contributed by atoms with Gasteiger partial charge in [0.1, 0.15) is 15.7 Å². The molecule has 0 aliphatic carbocycles. The van der Waals surface area contributed by atoms with E-state index in [1.165, 1.54) is 34.0 Å². The lowest BCUT2D eigenvalue weighted by atomic mass is 10.1. The van der Waals surface area contributed by atoms with Gasteiger partial charge in [0.15, 0.2) is 16.6 Å². The largest absolute Gasteiger partial charge is 0.493 e. The number of aromatic nitrogens is 2. The third-order valence-electron chi connectivity index (χ3n) is 5.48. The summed E-state index contributed by atoms with van der Waals surface area (Å²) in [5.41, 5.74) is 9.32. The third kappa shape index (κ3) is 5.86. The van der Waals surface area contributed by atoms with Crippen molar-refractivity contribution < 1.29 is 19.0 Å². The van der Waals surface area contributed by atoms with Gasteiger partial charge in [-0.3, -0.25) is 4.79 Å². The van der Waals surface area contributed by atoms with Gasteiger partial charge in [-0.05, 0) is 40.2 Å². The molecule has 0 saturated carbocycles. The third-order valence-corrected chi connectivity index (χ3v) is 9.09. The summed E-state index contributed by atoms with van der Waals surface area (Å²) in [5.74, 6) is 1.76. The first-order valence-electron chi connectivity index (χ1n) is 11.3. The molecule has 200 valence electrons. The zero-order chi connectivity index (χ0) is 27.5. The standard InChI is InChI=1S/C26H22BrN5O4S3/c1-34-17-10-15(11-18(35-2)21(17)36-3)30-26-32-23(28)22(39-26)25-31-16(12-37-25)13-5-4-6-14(9-13)29-24(33)19-7-8-20(27)38-19/h4-12H,28H2,1-3H3,(H,29,33)(H,30,32). The molecule has 0 unspecified atom stereocenters. The van der Waals surface area contributed by atoms with Gasteiger partial charge in [0.25, 0.3) is 5.91 Å². The molecule has 0 fully saturated rings. The van der Waals surface area contributed by atoms with Gasteiger partial charge in [0.05, 0.1) is 35.7 Å². The molecule has 5 aromatic rings. The van der Waals surface area contributed by atoms with E-state index in [-0.39, 0.29) is 5.91 Å². The summed E-state index contributed by atoms with van der Waals surface area (Å²) in [6.07, 6.45) is 0. The lowest BCUT2D eigenvalue weighted by Crippen LogP contribution is -2.09. The number of nitrogen functional groups attached to an aromatic ring is 1. The first-order chi connectivity index (χ1) is 18.9. The summed E-state index contributed by atoms with van der Waals surface area (Å²) in [6, 6.07) is 14.8. The molecule has 3 aromatic heterocycles. The molecule has 0 atom stereocenters. The van der Waals surface area contributed by atoms with Crippen LogP contribution < -0.4 is 30.6 Å². The van der Waals surface area contributed by atoms with Crippen molar-refractivity contribution in [3.05, 3.63) is 62.6 Å². The number of nitrogens with two attached hydrogens (primary N) is 1. The summed E-state index contributed by atoms with van der Waals surface area (Å²) in [5, 5.41) is 9.50. The fourth-order valence-electron chi connectivity index (χ4n) is 3.71. The normalized spacial score (nSPS) is 10.8. The fourth-order valence-corrected chi connectivity index (χ4v) is 6.83. The van der Waals surface area contributed by atoms with Gasteiger partial charge in [-0.1, -0.05) is 23.5 Å². The molecule has 0 aliphatic heterocycles. The van der Waals surface area contributed by atoms with Gasteiger partial charge in [-0.15, -0.1) is 22.7 Å². The monoisotopic (exact) mass is 643 g/mol. The average molecular weight is 645 g/mol. The molecule has 0 saturated heterocycles. The van der Waals surface area contributed by atoms with E-state index in [1.807, 2.05) is 35.7 Å². The van der Waals surface area contributed by atoms with E-state index in [9.17, 15) is 4.79 Å². The number of rotatable bonds is 9. The first-order valence-corrected chi connectivity index (χ1v) is 14.7. The Bertz CT molecular complexity index is 1620. The minimum atomic E-state index is -0.161. The Morgan fingerprint density at radius 1 is 0.949 bits per heavy atom. The molecule has 0 spiro atoms. The quantitative estimate of drug-likeness (QED) is 0.152. The van der Waals surface area contributed by atoms with Gasteiger partial charge >= 0.3 is 0 Å². The minimum Gasteiger partial charge on any atom is -0.493 e. The van der Waals surface area contributed by atoms with Crippen molar-refractivity contribution in [2.45, 2.75) is 0 Å². The Kier molecular flexibility index (Phi) is 8.02. The van der Waals surface area contributed by atoms with E-state index in [1.54, 1.807) is 39.5 Å². The van der Waals surface area contributed by atoms with Gasteiger partial charge in [-0.25, -0.2) is 9.97 Å². The molecule has 1 amide bonds. The average Bonchev–Trinajstić information content (AvgIpc) is 3.68. The second kappa shape index (κ2) is 11.6. The van der Waals surface area contributed by atoms with Crippen LogP contribution in [-0.4, -0.2) is 37.2 Å². The van der Waals surface area contributed by atoms with E-state index in [0.29, 0.717) is 44.4 Å². The van der Waals surface area contributed by atoms with Crippen molar-refractivity contribution in [1.29, 1.82) is 0 Å². The van der Waals surface area contributed by atoms with Gasteiger partial charge in [-0.2, -0.15) is 0 Å². The number of thiazole rings is 2. The van der Waals surface area contributed by atoms with Gasteiger partial charge in [0.2, 0.25) is 5.75 Å². The molecule has 0 bridgehead atoms. The van der Waals surface area contributed by atoms with Gasteiger partial charge < -0.3 is 30.6 Å². The molecule has 0 aliphatic rings. The second-order valence-corrected chi connectivity index (χ2v) is 12.3. The Morgan fingerprint density at radius 2 is 1.72 bits per heavy atom. The van der Waals surface area contributed by atoms with E-state index < -0.39 is 0 Å². The number of anilines is 4. The smallest absolute Gasteiger partial charge is 0.265 e. The Labute approximate surface area is 244 Å². The summed E-state index contributed by atoms with van der Waals surface area (Å²) in [7, 11) is 4.68. The Hall–Kier alpha value is -3.65. The number of hydrogen-bond acceptors (Lipinski definition) is 11. The molecule has 5 rings (SSSR count). The van der Waals surface area contributed by atoms with Crippen LogP contribution in [0.5, 0.6) is 17.2 Å². The summed E-state index contributed by atoms with van der Waals surface area (Å²) in [4.78, 5) is 23.2. The van der Waals surface area contributed by atoms with E-state index >= 15 is 0 Å². The number of carbonyl (C=O) groups excluding carboxylic acids is 1. The van der Waals surface area contributed by atoms with Crippen molar-refractivity contribution in [3.8, 4) is 38.4 Å². The fraction of sp³-hybridized carbons (Fsp3) is 0.115. The van der Waals surface area contributed by atoms with Crippen LogP contribution in [-0.2, 0) is 0 Å². The second-order valence-electron chi connectivity index (χ2n) is 7.95. The highest BCUT2D eigenvalue weighted by atomic mass is 79.9. The lowest BCUT2D eigenvalue weighted by molar-refractivity contribution is 0.103. The molecule has 13 heteroatoms. The molecule has 0 radical (unpaired) electrons. The van der Waals surface area contributed by atoms with Crippen LogP contribution in [0.3, 0.4) is 0 Å². The Morgan fingerprint density at radius 3 is 2.38 bits per heavy atom. The van der Waals surface area contributed by atoms with Crippen molar-refractivity contribution in [1.82, 2.24) is 9.97 Å². The number of nitrogens with zero attached hydrogens (tertiary/aromatic N) is 2. The molecular weight excluding hydrogens is 622 g/mol. The number of methoxy groups -OCH3 is 3. The van der Waals surface area contributed by atoms with Crippen molar-refractivity contribution >= 4 is 78.2 Å². The van der Waals surface area contributed by atoms with Crippen LogP contribution in [0.15, 0.2) is 57.7 Å². The predicted molar refractivity (Wildman–Crippen MR) is 162 cm³/mol. The number of hydrogen-bond donors (Lipinski definition) is 3. The minimum absolute atomic E-state index is 0.161. The van der Waals surface area contributed by atoms with E-state index in [2.05, 4.69) is 31.5 Å². The first kappa shape index (κ1) is 26.9. The topological polar surface area (TPSA) is 121 Å². The molecule has 3 heterocycles. The number of nitrogens with one attached hydrogen (secondary N) is 2. The summed E-state index contributed by atoms with van der Waals surface area (Å²) < 4.78 is 17.2. The number of carbonyl (C=O) groups is 1. The lowest BCUT2D eigenvalue weighted by Gasteiger charge is -2.14. The molecular formula is C26H22BrN5O4S3. The zero-order valence-electron chi connectivity index (χ0n) is 20.9. The SMILES string of the molecule is COc1cc(Nc2nc(N)c(-c3nc(-c4cccc(NC(=O)c5ccc(Br)s5)c4)cs3)s2)cc(OC)c1OC. The highest BCUT2D eigenvalue weighted by molar-refractivity contribution is 9.11. The maximum absolute atomic E-state index is 12.6. The highest BCUT2D eigenvalue weighted by Gasteiger charge is 2.18. The van der Waals surface area contributed by atoms with E-state index in [0.717, 1.165) is 24.9 Å². The Balaban J connectivity index is 1.35. The molecule has 39 heavy (non-hydrogen) atoms. The van der Waals surface area contributed by atoms with E-state index in [4.69, 9.17) is 24.9 Å². The van der Waals surface area contributed by atoms with Crippen LogP contribution in [0.25, 0.3) is 21.1 Å². The number of benzene rings is 2. The van der Waals surface area contributed by atoms with Crippen LogP contribution in [0.2, 0.25) is 0 Å². The predicted octanol–water partition coefficient (Wildman–Crippen LogP) is 7.36. The van der Waals surface area contributed by atoms with Crippen LogP contribution in [0.4, 0.5) is 22.3 Å². The van der Waals surface area contributed by atoms with Crippen LogP contribution in [0, 0.1) is 0 Å². The maximum Gasteiger partial charge on any atom is 0.265 e. The number of thiophene rings is 1. The van der Waals surface area contributed by atoms with Crippen molar-refractivity contribution in [2.24, 2.45) is 0 Å². The van der Waals surface area contributed by atoms with Crippen molar-refractivity contribution in [2.75, 3.05) is 37.7 Å². The number of amides is 1. The number of ether oxygens (including phenoxy) is 3. The maximum atomic E-state index is 12.6. The summed E-state index contributed by atoms with van der Waals surface area (Å²) in [6.45, 7) is 0. The molecule has 9 nitrogen and oxygen atoms in total. The summed E-state index contributed by atoms with van der Waals surface area (Å²) >= 11 is 7.63. The zero-order valence-corrected chi connectivity index (χ0v) is 24.9.